The Bertz CT molecular complexity index is 401. The normalized spacial score (nSPS) is 11.4. The van der Waals surface area contributed by atoms with Gasteiger partial charge in [-0.25, -0.2) is 4.79 Å². The summed E-state index contributed by atoms with van der Waals surface area (Å²) in [7, 11) is 0. The summed E-state index contributed by atoms with van der Waals surface area (Å²) in [6, 6.07) is 7.44. The van der Waals surface area contributed by atoms with Gasteiger partial charge in [-0.15, -0.1) is 0 Å². The fourth-order valence-corrected chi connectivity index (χ4v) is 1.76. The van der Waals surface area contributed by atoms with Crippen LogP contribution >= 0.6 is 0 Å². The highest BCUT2D eigenvalue weighted by Crippen LogP contribution is 2.22. The summed E-state index contributed by atoms with van der Waals surface area (Å²) in [5, 5.41) is 0. The van der Waals surface area contributed by atoms with E-state index in [2.05, 4.69) is 27.7 Å². The second kappa shape index (κ2) is 8.05. The van der Waals surface area contributed by atoms with Crippen molar-refractivity contribution in [3.05, 3.63) is 42.3 Å². The molecule has 0 atom stereocenters. The molecule has 0 spiro atoms. The molecule has 3 nitrogen and oxygen atoms in total. The molecule has 0 unspecified atom stereocenters. The molecular weight excluding hydrogens is 252 g/mol. The van der Waals surface area contributed by atoms with Crippen molar-refractivity contribution in [1.29, 1.82) is 0 Å². The van der Waals surface area contributed by atoms with Gasteiger partial charge in [0.15, 0.2) is 0 Å². The summed E-state index contributed by atoms with van der Waals surface area (Å²) in [5.74, 6) is -0.442. The highest BCUT2D eigenvalue weighted by Gasteiger charge is 2.15. The molecule has 0 N–H and O–H groups in total. The molecule has 1 radical (unpaired) electrons. The van der Waals surface area contributed by atoms with Crippen LogP contribution in [-0.4, -0.2) is 12.6 Å². The Labute approximate surface area is 122 Å². The Kier molecular flexibility index (Phi) is 6.73. The van der Waals surface area contributed by atoms with Crippen molar-refractivity contribution in [2.45, 2.75) is 51.9 Å². The molecule has 0 bridgehead atoms. The fraction of sp³-hybridized carbons (Fsp3) is 0.529. The molecule has 3 heteroatoms. The lowest BCUT2D eigenvalue weighted by Crippen LogP contribution is -2.12. The van der Waals surface area contributed by atoms with Crippen LogP contribution in [0.1, 0.15) is 62.4 Å². The summed E-state index contributed by atoms with van der Waals surface area (Å²) in [4.78, 5) is 21.4. The maximum Gasteiger partial charge on any atom is 0.373 e. The number of carbonyl (C=O) groups excluding carboxylic acids is 1. The lowest BCUT2D eigenvalue weighted by atomic mass is 9.87. The standard InChI is InChI=1S/C17H25O3/c1-5-6-7-8-13-19-20-16(18)14-9-11-15(12-10-14)17(2,3)4/h9-12H,1,5-8,13H2,2-4H3. The van der Waals surface area contributed by atoms with Gasteiger partial charge >= 0.3 is 5.97 Å². The van der Waals surface area contributed by atoms with Gasteiger partial charge in [0, 0.05) is 0 Å². The zero-order valence-corrected chi connectivity index (χ0v) is 12.8. The van der Waals surface area contributed by atoms with Gasteiger partial charge in [-0.05, 0) is 29.5 Å². The van der Waals surface area contributed by atoms with Gasteiger partial charge in [0.2, 0.25) is 0 Å². The van der Waals surface area contributed by atoms with Crippen LogP contribution in [0.5, 0.6) is 0 Å². The predicted molar refractivity (Wildman–Crippen MR) is 80.3 cm³/mol. The van der Waals surface area contributed by atoms with Crippen LogP contribution in [0.3, 0.4) is 0 Å². The molecular formula is C17H25O3. The molecule has 0 saturated carbocycles. The first-order chi connectivity index (χ1) is 9.45. The molecule has 1 rings (SSSR count). The first-order valence-corrected chi connectivity index (χ1v) is 7.18. The van der Waals surface area contributed by atoms with E-state index in [1.165, 1.54) is 5.56 Å². The summed E-state index contributed by atoms with van der Waals surface area (Å²) in [6.07, 6.45) is 3.93. The van der Waals surface area contributed by atoms with E-state index in [4.69, 9.17) is 9.78 Å². The first kappa shape index (κ1) is 16.7. The molecule has 0 fully saturated rings. The van der Waals surface area contributed by atoms with Gasteiger partial charge in [0.1, 0.15) is 0 Å². The van der Waals surface area contributed by atoms with Crippen LogP contribution in [0.25, 0.3) is 0 Å². The zero-order chi connectivity index (χ0) is 15.0. The van der Waals surface area contributed by atoms with Crippen molar-refractivity contribution < 1.29 is 14.6 Å². The minimum absolute atomic E-state index is 0.0765. The van der Waals surface area contributed by atoms with E-state index in [1.54, 1.807) is 12.1 Å². The molecule has 1 aromatic rings. The lowest BCUT2D eigenvalue weighted by molar-refractivity contribution is -0.241. The average Bonchev–Trinajstić information content (AvgIpc) is 2.41. The molecule has 0 aliphatic carbocycles. The second-order valence-corrected chi connectivity index (χ2v) is 5.93. The maximum absolute atomic E-state index is 11.7. The molecule has 111 valence electrons. The van der Waals surface area contributed by atoms with Crippen molar-refractivity contribution in [2.75, 3.05) is 6.61 Å². The Hall–Kier alpha value is -1.35. The number of unbranched alkanes of at least 4 members (excludes halogenated alkanes) is 3. The average molecular weight is 277 g/mol. The van der Waals surface area contributed by atoms with Gasteiger partial charge in [-0.1, -0.05) is 59.1 Å². The molecule has 0 saturated heterocycles. The Morgan fingerprint density at radius 1 is 1.10 bits per heavy atom. The number of benzene rings is 1. The topological polar surface area (TPSA) is 35.5 Å². The molecule has 1 aromatic carbocycles. The van der Waals surface area contributed by atoms with Crippen molar-refractivity contribution in [1.82, 2.24) is 0 Å². The van der Waals surface area contributed by atoms with Crippen LogP contribution in [0.4, 0.5) is 0 Å². The van der Waals surface area contributed by atoms with E-state index in [0.717, 1.165) is 25.7 Å². The van der Waals surface area contributed by atoms with Gasteiger partial charge in [-0.2, -0.15) is 4.89 Å². The van der Waals surface area contributed by atoms with Crippen LogP contribution in [0.2, 0.25) is 0 Å². The van der Waals surface area contributed by atoms with Gasteiger partial charge < -0.3 is 0 Å². The number of hydrogen-bond acceptors (Lipinski definition) is 3. The second-order valence-electron chi connectivity index (χ2n) is 5.93. The smallest absolute Gasteiger partial charge is 0.293 e. The number of hydrogen-bond donors (Lipinski definition) is 0. The highest BCUT2D eigenvalue weighted by atomic mass is 17.2. The van der Waals surface area contributed by atoms with Crippen LogP contribution < -0.4 is 0 Å². The molecule has 0 aliphatic rings. The van der Waals surface area contributed by atoms with Crippen LogP contribution in [0.15, 0.2) is 24.3 Å². The molecule has 0 aliphatic heterocycles. The number of rotatable bonds is 7. The van der Waals surface area contributed by atoms with Crippen LogP contribution in [0, 0.1) is 6.92 Å². The Morgan fingerprint density at radius 3 is 2.30 bits per heavy atom. The van der Waals surface area contributed by atoms with Gasteiger partial charge in [-0.3, -0.25) is 4.89 Å². The third-order valence-corrected chi connectivity index (χ3v) is 3.10. The van der Waals surface area contributed by atoms with E-state index >= 15 is 0 Å². The molecule has 20 heavy (non-hydrogen) atoms. The lowest BCUT2D eigenvalue weighted by Gasteiger charge is -2.18. The van der Waals surface area contributed by atoms with Gasteiger partial charge in [0.25, 0.3) is 0 Å². The third-order valence-electron chi connectivity index (χ3n) is 3.10. The number of carbonyl (C=O) groups is 1. The minimum Gasteiger partial charge on any atom is -0.293 e. The maximum atomic E-state index is 11.7. The molecule has 0 aromatic heterocycles. The van der Waals surface area contributed by atoms with Crippen molar-refractivity contribution in [3.63, 3.8) is 0 Å². The van der Waals surface area contributed by atoms with Crippen molar-refractivity contribution in [3.8, 4) is 0 Å². The van der Waals surface area contributed by atoms with Gasteiger partial charge in [0.05, 0.1) is 12.2 Å². The van der Waals surface area contributed by atoms with Crippen LogP contribution in [-0.2, 0) is 15.2 Å². The zero-order valence-electron chi connectivity index (χ0n) is 12.8. The largest absolute Gasteiger partial charge is 0.373 e. The summed E-state index contributed by atoms with van der Waals surface area (Å²) in [5.41, 5.74) is 1.77. The van der Waals surface area contributed by atoms with E-state index < -0.39 is 5.97 Å². The fourth-order valence-electron chi connectivity index (χ4n) is 1.76. The molecule has 0 heterocycles. The van der Waals surface area contributed by atoms with E-state index in [0.29, 0.717) is 12.2 Å². The van der Waals surface area contributed by atoms with E-state index in [-0.39, 0.29) is 5.41 Å². The van der Waals surface area contributed by atoms with E-state index in [1.807, 2.05) is 12.1 Å². The van der Waals surface area contributed by atoms with Crippen molar-refractivity contribution in [2.24, 2.45) is 0 Å². The first-order valence-electron chi connectivity index (χ1n) is 7.18. The summed E-state index contributed by atoms with van der Waals surface area (Å²) < 4.78 is 0. The third kappa shape index (κ3) is 5.74. The summed E-state index contributed by atoms with van der Waals surface area (Å²) in [6.45, 7) is 10.6. The predicted octanol–water partition coefficient (Wildman–Crippen LogP) is 4.47. The minimum atomic E-state index is -0.442. The highest BCUT2D eigenvalue weighted by molar-refractivity contribution is 5.88. The molecule has 0 amide bonds. The van der Waals surface area contributed by atoms with E-state index in [9.17, 15) is 4.79 Å². The van der Waals surface area contributed by atoms with Crippen molar-refractivity contribution >= 4 is 5.97 Å². The monoisotopic (exact) mass is 277 g/mol. The Morgan fingerprint density at radius 2 is 1.75 bits per heavy atom. The SMILES string of the molecule is [CH2]CCCCCOOC(=O)c1ccc(C(C)(C)C)cc1. The summed E-state index contributed by atoms with van der Waals surface area (Å²) >= 11 is 0. The Balaban J connectivity index is 2.37. The quantitative estimate of drug-likeness (QED) is 0.419.